The minimum absolute atomic E-state index is 0.227. The van der Waals surface area contributed by atoms with Crippen molar-refractivity contribution in [1.29, 1.82) is 0 Å². The molecule has 1 N–H and O–H groups in total. The molecule has 0 aromatic heterocycles. The van der Waals surface area contributed by atoms with Crippen molar-refractivity contribution in [2.75, 3.05) is 12.4 Å². The van der Waals surface area contributed by atoms with Crippen molar-refractivity contribution in [1.82, 2.24) is 0 Å². The highest BCUT2D eigenvalue weighted by Gasteiger charge is 2.05. The molecule has 0 aliphatic carbocycles. The maximum atomic E-state index is 11.1. The van der Waals surface area contributed by atoms with Gasteiger partial charge in [-0.1, -0.05) is 6.07 Å². The van der Waals surface area contributed by atoms with Crippen LogP contribution in [-0.2, 0) is 9.53 Å². The van der Waals surface area contributed by atoms with Crippen LogP contribution in [0.15, 0.2) is 29.2 Å². The predicted octanol–water partition coefficient (Wildman–Crippen LogP) is 2.43. The highest BCUT2D eigenvalue weighted by Crippen LogP contribution is 2.20. The highest BCUT2D eigenvalue weighted by atomic mass is 32.2. The first-order valence-corrected chi connectivity index (χ1v) is 6.24. The number of carbonyl (C=O) groups is 2. The van der Waals surface area contributed by atoms with Gasteiger partial charge in [-0.25, -0.2) is 4.79 Å². The van der Waals surface area contributed by atoms with E-state index in [-0.39, 0.29) is 11.5 Å². The Bertz CT molecular complexity index is 403. The number of carboxylic acid groups (broad SMARTS) is 1. The van der Waals surface area contributed by atoms with Crippen molar-refractivity contribution in [3.8, 4) is 0 Å². The van der Waals surface area contributed by atoms with Crippen molar-refractivity contribution in [2.24, 2.45) is 0 Å². The molecule has 0 amide bonds. The smallest absolute Gasteiger partial charge is 0.335 e. The number of rotatable bonds is 6. The Hall–Kier alpha value is -1.49. The lowest BCUT2D eigenvalue weighted by atomic mass is 10.2. The second-order valence-electron chi connectivity index (χ2n) is 3.24. The quantitative estimate of drug-likeness (QED) is 0.624. The summed E-state index contributed by atoms with van der Waals surface area (Å²) in [5.74, 6) is -0.589. The van der Waals surface area contributed by atoms with E-state index in [0.29, 0.717) is 18.8 Å². The average Bonchev–Trinajstić information content (AvgIpc) is 2.30. The van der Waals surface area contributed by atoms with Crippen LogP contribution in [0, 0.1) is 0 Å². The molecule has 92 valence electrons. The van der Waals surface area contributed by atoms with E-state index >= 15 is 0 Å². The second-order valence-corrected chi connectivity index (χ2v) is 4.40. The SMILES string of the molecule is CCOC(=O)CCSc1cccc(C(=O)O)c1. The van der Waals surface area contributed by atoms with Crippen LogP contribution >= 0.6 is 11.8 Å². The Labute approximate surface area is 104 Å². The summed E-state index contributed by atoms with van der Waals surface area (Å²) in [4.78, 5) is 22.7. The van der Waals surface area contributed by atoms with Gasteiger partial charge in [-0.2, -0.15) is 0 Å². The molecular formula is C12H14O4S. The summed E-state index contributed by atoms with van der Waals surface area (Å²) >= 11 is 1.44. The zero-order chi connectivity index (χ0) is 12.7. The number of carboxylic acids is 1. The monoisotopic (exact) mass is 254 g/mol. The van der Waals surface area contributed by atoms with E-state index in [0.717, 1.165) is 4.90 Å². The van der Waals surface area contributed by atoms with E-state index in [2.05, 4.69) is 0 Å². The molecule has 5 heteroatoms. The van der Waals surface area contributed by atoms with Gasteiger partial charge in [-0.15, -0.1) is 11.8 Å². The van der Waals surface area contributed by atoms with E-state index in [4.69, 9.17) is 9.84 Å². The molecule has 0 radical (unpaired) electrons. The Balaban J connectivity index is 2.44. The molecule has 4 nitrogen and oxygen atoms in total. The molecule has 0 aliphatic heterocycles. The fourth-order valence-corrected chi connectivity index (χ4v) is 2.09. The summed E-state index contributed by atoms with van der Waals surface area (Å²) in [5.41, 5.74) is 0.256. The largest absolute Gasteiger partial charge is 0.478 e. The third-order valence-electron chi connectivity index (χ3n) is 1.96. The first kappa shape index (κ1) is 13.6. The normalized spacial score (nSPS) is 9.94. The van der Waals surface area contributed by atoms with Gasteiger partial charge >= 0.3 is 11.9 Å². The lowest BCUT2D eigenvalue weighted by Crippen LogP contribution is -2.04. The van der Waals surface area contributed by atoms with E-state index in [1.165, 1.54) is 17.8 Å². The number of hydrogen-bond donors (Lipinski definition) is 1. The molecule has 1 aromatic carbocycles. The van der Waals surface area contributed by atoms with Crippen molar-refractivity contribution in [2.45, 2.75) is 18.2 Å². The summed E-state index contributed by atoms with van der Waals surface area (Å²) < 4.78 is 4.80. The molecule has 17 heavy (non-hydrogen) atoms. The van der Waals surface area contributed by atoms with Crippen LogP contribution in [0.5, 0.6) is 0 Å². The third-order valence-corrected chi connectivity index (χ3v) is 2.96. The van der Waals surface area contributed by atoms with E-state index < -0.39 is 5.97 Å². The van der Waals surface area contributed by atoms with E-state index in [1.54, 1.807) is 19.1 Å². The first-order valence-electron chi connectivity index (χ1n) is 5.25. The summed E-state index contributed by atoms with van der Waals surface area (Å²) in [6, 6.07) is 6.65. The Morgan fingerprint density at radius 2 is 2.18 bits per heavy atom. The average molecular weight is 254 g/mol. The van der Waals surface area contributed by atoms with Crippen LogP contribution in [0.25, 0.3) is 0 Å². The van der Waals surface area contributed by atoms with Crippen LogP contribution in [0.4, 0.5) is 0 Å². The topological polar surface area (TPSA) is 63.6 Å². The van der Waals surface area contributed by atoms with Crippen LogP contribution in [-0.4, -0.2) is 29.4 Å². The lowest BCUT2D eigenvalue weighted by molar-refractivity contribution is -0.142. The number of thioether (sulfide) groups is 1. The van der Waals surface area contributed by atoms with Gasteiger partial charge in [0.25, 0.3) is 0 Å². The maximum Gasteiger partial charge on any atom is 0.335 e. The van der Waals surface area contributed by atoms with Gasteiger partial charge in [0, 0.05) is 10.6 Å². The summed E-state index contributed by atoms with van der Waals surface area (Å²) in [7, 11) is 0. The zero-order valence-electron chi connectivity index (χ0n) is 9.51. The molecule has 0 bridgehead atoms. The van der Waals surface area contributed by atoms with Gasteiger partial charge in [0.2, 0.25) is 0 Å². The van der Waals surface area contributed by atoms with Gasteiger partial charge < -0.3 is 9.84 Å². The maximum absolute atomic E-state index is 11.1. The molecule has 0 heterocycles. The molecule has 0 unspecified atom stereocenters. The van der Waals surface area contributed by atoms with Crippen LogP contribution in [0.2, 0.25) is 0 Å². The highest BCUT2D eigenvalue weighted by molar-refractivity contribution is 7.99. The fourth-order valence-electron chi connectivity index (χ4n) is 1.20. The van der Waals surface area contributed by atoms with Crippen molar-refractivity contribution in [3.05, 3.63) is 29.8 Å². The molecule has 0 saturated heterocycles. The molecule has 0 atom stereocenters. The number of aromatic carboxylic acids is 1. The van der Waals surface area contributed by atoms with E-state index in [1.807, 2.05) is 6.07 Å². The number of benzene rings is 1. The molecule has 0 fully saturated rings. The van der Waals surface area contributed by atoms with Crippen molar-refractivity contribution < 1.29 is 19.4 Å². The fraction of sp³-hybridized carbons (Fsp3) is 0.333. The minimum Gasteiger partial charge on any atom is -0.478 e. The molecule has 1 rings (SSSR count). The van der Waals surface area contributed by atoms with Crippen molar-refractivity contribution in [3.63, 3.8) is 0 Å². The zero-order valence-corrected chi connectivity index (χ0v) is 10.3. The number of esters is 1. The Kier molecular flexibility index (Phi) is 5.56. The molecule has 1 aromatic rings. The van der Waals surface area contributed by atoms with E-state index in [9.17, 15) is 9.59 Å². The van der Waals surface area contributed by atoms with Gasteiger partial charge in [-0.3, -0.25) is 4.79 Å². The summed E-state index contributed by atoms with van der Waals surface area (Å²) in [6.45, 7) is 2.15. The Morgan fingerprint density at radius 3 is 2.82 bits per heavy atom. The van der Waals surface area contributed by atoms with Crippen LogP contribution in [0.3, 0.4) is 0 Å². The van der Waals surface area contributed by atoms with Crippen molar-refractivity contribution >= 4 is 23.7 Å². The third kappa shape index (κ3) is 4.91. The molecule has 0 aliphatic rings. The first-order chi connectivity index (χ1) is 8.13. The molecule has 0 saturated carbocycles. The van der Waals surface area contributed by atoms with Gasteiger partial charge in [0.15, 0.2) is 0 Å². The molecule has 0 spiro atoms. The number of hydrogen-bond acceptors (Lipinski definition) is 4. The standard InChI is InChI=1S/C12H14O4S/c1-2-16-11(13)6-7-17-10-5-3-4-9(8-10)12(14)15/h3-5,8H,2,6-7H2,1H3,(H,14,15). The summed E-state index contributed by atoms with van der Waals surface area (Å²) in [5, 5.41) is 8.81. The van der Waals surface area contributed by atoms with Gasteiger partial charge in [0.1, 0.15) is 0 Å². The number of ether oxygens (including phenoxy) is 1. The molecular weight excluding hydrogens is 240 g/mol. The van der Waals surface area contributed by atoms with Gasteiger partial charge in [-0.05, 0) is 25.1 Å². The Morgan fingerprint density at radius 1 is 1.41 bits per heavy atom. The van der Waals surface area contributed by atoms with Gasteiger partial charge in [0.05, 0.1) is 18.6 Å². The predicted molar refractivity (Wildman–Crippen MR) is 65.4 cm³/mol. The summed E-state index contributed by atoms with van der Waals surface area (Å²) in [6.07, 6.45) is 0.329. The number of carbonyl (C=O) groups excluding carboxylic acids is 1. The van der Waals surface area contributed by atoms with Crippen LogP contribution in [0.1, 0.15) is 23.7 Å². The van der Waals surface area contributed by atoms with Crippen LogP contribution < -0.4 is 0 Å². The lowest BCUT2D eigenvalue weighted by Gasteiger charge is -2.03. The minimum atomic E-state index is -0.946. The second kappa shape index (κ2) is 6.96.